The number of nitrogens with one attached hydrogen (secondary N) is 2. The number of pyridine rings is 1. The fraction of sp³-hybridized carbons (Fsp3) is 0.489. The lowest BCUT2D eigenvalue weighted by Crippen LogP contribution is -2.43. The minimum Gasteiger partial charge on any atom is -0.478 e. The molecule has 1 atom stereocenters. The summed E-state index contributed by atoms with van der Waals surface area (Å²) in [5.41, 5.74) is 6.78. The summed E-state index contributed by atoms with van der Waals surface area (Å²) in [5.74, 6) is 5.43. The monoisotopic (exact) mass is 922 g/mol. The zero-order valence-electron chi connectivity index (χ0n) is 35.7. The second-order valence-electron chi connectivity index (χ2n) is 16.3. The van der Waals surface area contributed by atoms with Crippen LogP contribution in [-0.2, 0) is 25.3 Å². The predicted molar refractivity (Wildman–Crippen MR) is 242 cm³/mol. The number of hydrazine groups is 1. The number of aromatic nitrogens is 1. The van der Waals surface area contributed by atoms with Gasteiger partial charge in [0.2, 0.25) is 28.7 Å². The Balaban J connectivity index is 0.000000481. The molecule has 3 aromatic carbocycles. The number of ether oxygens (including phenoxy) is 2. The maximum Gasteiger partial charge on any atom is 0.485 e. The first kappa shape index (κ1) is 50.7. The van der Waals surface area contributed by atoms with E-state index in [1.165, 1.54) is 0 Å². The van der Waals surface area contributed by atoms with Crippen LogP contribution in [-0.4, -0.2) is 68.8 Å². The summed E-state index contributed by atoms with van der Waals surface area (Å²) in [7, 11) is -3.03. The zero-order valence-corrected chi connectivity index (χ0v) is 38.1. The van der Waals surface area contributed by atoms with E-state index >= 15 is 0 Å². The van der Waals surface area contributed by atoms with Crippen molar-refractivity contribution in [3.8, 4) is 5.88 Å². The van der Waals surface area contributed by atoms with Gasteiger partial charge in [-0.25, -0.2) is 19.3 Å². The Hall–Kier alpha value is -3.99. The quantitative estimate of drug-likeness (QED) is 0.0224. The van der Waals surface area contributed by atoms with Gasteiger partial charge in [-0.1, -0.05) is 67.4 Å². The van der Waals surface area contributed by atoms with Gasteiger partial charge in [0, 0.05) is 71.7 Å². The standard InChI is InChI=1S/C34H35Cl2F3N4O3S.C11H24N2O2/c35-25-10-5-22(6-11-25)33(23-7-12-26(36)13-8-23)24-9-14-29-28(20-24)30(21-32(42-29)46-19-3-1-2-4-31(40)44)41-27-15-17-43(18-16-27)47(45)34(37,38)39;1-9(2)6-8-15-11(3,4)7-5-10(14)13-12/h5-14,20-21,27,33H,1-4,15-19H2,(H2,40,44)(H,41,42);9H,5-8,12H2,1-4H3,(H,13,14). The summed E-state index contributed by atoms with van der Waals surface area (Å²) < 4.78 is 63.8. The van der Waals surface area contributed by atoms with Gasteiger partial charge >= 0.3 is 5.51 Å². The molecular formula is C45H59Cl2F3N6O5S. The van der Waals surface area contributed by atoms with E-state index in [1.54, 1.807) is 0 Å². The van der Waals surface area contributed by atoms with Crippen molar-refractivity contribution >= 4 is 62.6 Å². The van der Waals surface area contributed by atoms with E-state index in [-0.39, 0.29) is 42.5 Å². The minimum absolute atomic E-state index is 0.0436. The summed E-state index contributed by atoms with van der Waals surface area (Å²) >= 11 is 12.4. The number of nitrogens with zero attached hydrogens (tertiary/aromatic N) is 2. The largest absolute Gasteiger partial charge is 0.485 e. The summed E-state index contributed by atoms with van der Waals surface area (Å²) in [4.78, 5) is 26.7. The number of carbonyl (C=O) groups excluding carboxylic acids is 2. The lowest BCUT2D eigenvalue weighted by Gasteiger charge is -2.32. The van der Waals surface area contributed by atoms with Crippen molar-refractivity contribution in [1.29, 1.82) is 0 Å². The molecule has 6 N–H and O–H groups in total. The Labute approximate surface area is 375 Å². The molecular weight excluding hydrogens is 864 g/mol. The molecule has 2 heterocycles. The topological polar surface area (TPSA) is 162 Å². The van der Waals surface area contributed by atoms with Gasteiger partial charge in [0.1, 0.15) is 0 Å². The number of alkyl halides is 3. The van der Waals surface area contributed by atoms with Gasteiger partial charge in [0.25, 0.3) is 0 Å². The number of piperidine rings is 1. The van der Waals surface area contributed by atoms with Crippen LogP contribution in [0.3, 0.4) is 0 Å². The Morgan fingerprint density at radius 2 is 1.48 bits per heavy atom. The lowest BCUT2D eigenvalue weighted by molar-refractivity contribution is -0.123. The van der Waals surface area contributed by atoms with Crippen LogP contribution in [0, 0.1) is 5.92 Å². The van der Waals surface area contributed by atoms with Crippen molar-refractivity contribution in [1.82, 2.24) is 14.7 Å². The van der Waals surface area contributed by atoms with Crippen LogP contribution in [0.5, 0.6) is 5.88 Å². The highest BCUT2D eigenvalue weighted by atomic mass is 35.5. The molecule has 1 aromatic heterocycles. The van der Waals surface area contributed by atoms with Crippen molar-refractivity contribution in [2.75, 3.05) is 31.6 Å². The highest BCUT2D eigenvalue weighted by Gasteiger charge is 2.42. The van der Waals surface area contributed by atoms with Gasteiger partial charge in [0.05, 0.1) is 17.7 Å². The molecule has 340 valence electrons. The van der Waals surface area contributed by atoms with Gasteiger partial charge in [-0.15, -0.1) is 0 Å². The first-order chi connectivity index (χ1) is 29.3. The van der Waals surface area contributed by atoms with Crippen LogP contribution in [0.15, 0.2) is 72.8 Å². The summed E-state index contributed by atoms with van der Waals surface area (Å²) in [6.07, 6.45) is 5.39. The molecule has 1 aliphatic heterocycles. The van der Waals surface area contributed by atoms with E-state index in [9.17, 15) is 27.0 Å². The lowest BCUT2D eigenvalue weighted by atomic mass is 9.84. The number of nitrogens with two attached hydrogens (primary N) is 2. The van der Waals surface area contributed by atoms with Crippen molar-refractivity contribution < 1.29 is 36.4 Å². The normalized spacial score (nSPS) is 14.4. The number of primary amides is 1. The Bertz CT molecular complexity index is 2020. The summed E-state index contributed by atoms with van der Waals surface area (Å²) in [5, 5.41) is 5.61. The van der Waals surface area contributed by atoms with Crippen LogP contribution in [0.2, 0.25) is 10.0 Å². The maximum atomic E-state index is 13.1. The van der Waals surface area contributed by atoms with Crippen molar-refractivity contribution in [3.63, 3.8) is 0 Å². The van der Waals surface area contributed by atoms with Crippen LogP contribution in [0.25, 0.3) is 10.9 Å². The van der Waals surface area contributed by atoms with Crippen molar-refractivity contribution in [2.24, 2.45) is 17.5 Å². The molecule has 0 saturated carbocycles. The van der Waals surface area contributed by atoms with Crippen LogP contribution in [0.4, 0.5) is 18.9 Å². The maximum absolute atomic E-state index is 13.1. The molecule has 0 spiro atoms. The number of benzene rings is 3. The molecule has 2 amide bonds. The fourth-order valence-electron chi connectivity index (χ4n) is 6.90. The molecule has 62 heavy (non-hydrogen) atoms. The average Bonchev–Trinajstić information content (AvgIpc) is 3.22. The third-order valence-electron chi connectivity index (χ3n) is 10.4. The molecule has 17 heteroatoms. The summed E-state index contributed by atoms with van der Waals surface area (Å²) in [6.45, 7) is 9.55. The van der Waals surface area contributed by atoms with Crippen LogP contribution < -0.4 is 27.1 Å². The highest BCUT2D eigenvalue weighted by molar-refractivity contribution is 7.83. The number of rotatable bonds is 20. The Morgan fingerprint density at radius 1 is 0.887 bits per heavy atom. The van der Waals surface area contributed by atoms with Gasteiger partial charge in [-0.3, -0.25) is 15.0 Å². The first-order valence-corrected chi connectivity index (χ1v) is 22.7. The molecule has 4 aromatic rings. The molecule has 11 nitrogen and oxygen atoms in total. The van der Waals surface area contributed by atoms with Crippen LogP contribution >= 0.6 is 23.2 Å². The smallest absolute Gasteiger partial charge is 0.478 e. The van der Waals surface area contributed by atoms with E-state index in [4.69, 9.17) is 49.2 Å². The highest BCUT2D eigenvalue weighted by Crippen LogP contribution is 2.37. The number of halogens is 5. The second-order valence-corrected chi connectivity index (χ2v) is 18.7. The zero-order chi connectivity index (χ0) is 45.5. The van der Waals surface area contributed by atoms with E-state index < -0.39 is 16.5 Å². The third kappa shape index (κ3) is 16.6. The molecule has 1 aliphatic rings. The van der Waals surface area contributed by atoms with Crippen molar-refractivity contribution in [3.05, 3.63) is 99.5 Å². The minimum atomic E-state index is -4.78. The molecule has 1 saturated heterocycles. The molecule has 0 aliphatic carbocycles. The van der Waals surface area contributed by atoms with Gasteiger partial charge < -0.3 is 20.5 Å². The summed E-state index contributed by atoms with van der Waals surface area (Å²) in [6, 6.07) is 23.0. The third-order valence-corrected chi connectivity index (χ3v) is 12.2. The Morgan fingerprint density at radius 3 is 2.03 bits per heavy atom. The van der Waals surface area contributed by atoms with Gasteiger partial charge in [-0.05, 0) is 118 Å². The number of anilines is 1. The van der Waals surface area contributed by atoms with E-state index in [2.05, 4.69) is 30.7 Å². The first-order valence-electron chi connectivity index (χ1n) is 20.9. The number of hydrogen-bond donors (Lipinski definition) is 4. The molecule has 0 bridgehead atoms. The van der Waals surface area contributed by atoms with Crippen LogP contribution in [0.1, 0.15) is 108 Å². The number of amides is 2. The number of hydrogen-bond acceptors (Lipinski definition) is 8. The van der Waals surface area contributed by atoms with Gasteiger partial charge in [-0.2, -0.15) is 13.2 Å². The van der Waals surface area contributed by atoms with E-state index in [1.807, 2.05) is 80.6 Å². The fourth-order valence-corrected chi connectivity index (χ4v) is 7.98. The number of fused-ring (bicyclic) bond motifs is 1. The van der Waals surface area contributed by atoms with Gasteiger partial charge in [0.15, 0.2) is 0 Å². The molecule has 1 fully saturated rings. The average molecular weight is 924 g/mol. The Kier molecular flexibility index (Phi) is 19.8. The number of carbonyl (C=O) groups is 2. The molecule has 5 rings (SSSR count). The molecule has 1 unspecified atom stereocenters. The number of unbranched alkanes of at least 4 members (excludes halogenated alkanes) is 2. The van der Waals surface area contributed by atoms with E-state index in [0.717, 1.165) is 51.5 Å². The SMILES string of the molecule is CC(C)CCOC(C)(C)CCC(=O)NN.NC(=O)CCCCCOc1cc(NC2CCN(S(=O)C(F)(F)F)CC2)c2cc(C(c3ccc(Cl)cc3)c3ccc(Cl)cc3)ccc2n1. The van der Waals surface area contributed by atoms with Crippen molar-refractivity contribution in [2.45, 2.75) is 109 Å². The predicted octanol–water partition coefficient (Wildman–Crippen LogP) is 9.80. The van der Waals surface area contributed by atoms with E-state index in [0.29, 0.717) is 78.9 Å². The molecule has 0 radical (unpaired) electrons. The second kappa shape index (κ2) is 24.2.